The lowest BCUT2D eigenvalue weighted by molar-refractivity contribution is -0.682. The van der Waals surface area contributed by atoms with Gasteiger partial charge in [0.15, 0.2) is 12.1 Å². The van der Waals surface area contributed by atoms with Crippen LogP contribution in [-0.4, -0.2) is 10.3 Å². The highest BCUT2D eigenvalue weighted by Gasteiger charge is 2.12. The summed E-state index contributed by atoms with van der Waals surface area (Å²) in [7, 11) is 0. The van der Waals surface area contributed by atoms with Gasteiger partial charge in [0.1, 0.15) is 6.20 Å². The van der Waals surface area contributed by atoms with E-state index in [-0.39, 0.29) is 5.91 Å². The van der Waals surface area contributed by atoms with Crippen LogP contribution in [0.5, 0.6) is 0 Å². The van der Waals surface area contributed by atoms with Crippen molar-refractivity contribution in [1.82, 2.24) is 4.40 Å². The first-order chi connectivity index (χ1) is 10.1. The molecule has 1 N–H and O–H groups in total. The smallest absolute Gasteiger partial charge is 0.266 e. The minimum Gasteiger partial charge on any atom is -0.322 e. The molecule has 21 heavy (non-hydrogen) atoms. The molecular weight excluding hydrogens is 262 g/mol. The average molecular weight is 280 g/mol. The summed E-state index contributed by atoms with van der Waals surface area (Å²) >= 11 is 0. The zero-order valence-electron chi connectivity index (χ0n) is 12.2. The molecule has 0 bridgehead atoms. The molecule has 0 saturated heterocycles. The van der Waals surface area contributed by atoms with Crippen molar-refractivity contribution >= 4 is 17.1 Å². The molecule has 2 heterocycles. The molecule has 0 aliphatic heterocycles. The Morgan fingerprint density at radius 2 is 1.90 bits per heavy atom. The number of imidazole rings is 1. The first-order valence-corrected chi connectivity index (χ1v) is 6.95. The third-order valence-electron chi connectivity index (χ3n) is 3.57. The van der Waals surface area contributed by atoms with Gasteiger partial charge in [-0.25, -0.2) is 8.97 Å². The molecule has 0 spiro atoms. The largest absolute Gasteiger partial charge is 0.322 e. The van der Waals surface area contributed by atoms with Gasteiger partial charge in [-0.05, 0) is 37.1 Å². The number of nitrogens with zero attached hydrogens (tertiary/aromatic N) is 2. The quantitative estimate of drug-likeness (QED) is 0.735. The number of fused-ring (bicyclic) bond motifs is 1. The van der Waals surface area contributed by atoms with Crippen LogP contribution in [0.4, 0.5) is 5.69 Å². The molecule has 3 rings (SSSR count). The zero-order valence-corrected chi connectivity index (χ0v) is 12.2. The van der Waals surface area contributed by atoms with E-state index in [0.717, 1.165) is 22.3 Å². The van der Waals surface area contributed by atoms with Crippen LogP contribution >= 0.6 is 0 Å². The SMILES string of the molecule is Cc1cccc(C)c1NC(=O)C[n+]1cc2ccccn2c1. The summed E-state index contributed by atoms with van der Waals surface area (Å²) in [4.78, 5) is 12.2. The Labute approximate surface area is 123 Å². The highest BCUT2D eigenvalue weighted by molar-refractivity contribution is 5.91. The van der Waals surface area contributed by atoms with Crippen LogP contribution in [0.2, 0.25) is 0 Å². The molecule has 0 aliphatic carbocycles. The summed E-state index contributed by atoms with van der Waals surface area (Å²) < 4.78 is 3.88. The van der Waals surface area contributed by atoms with Crippen molar-refractivity contribution in [2.24, 2.45) is 0 Å². The van der Waals surface area contributed by atoms with E-state index < -0.39 is 0 Å². The van der Waals surface area contributed by atoms with E-state index in [4.69, 9.17) is 0 Å². The minimum absolute atomic E-state index is 0.0201. The van der Waals surface area contributed by atoms with E-state index in [0.29, 0.717) is 6.54 Å². The number of aromatic nitrogens is 2. The molecule has 4 heteroatoms. The molecule has 0 radical (unpaired) electrons. The minimum atomic E-state index is -0.0201. The van der Waals surface area contributed by atoms with Gasteiger partial charge in [-0.1, -0.05) is 24.3 Å². The van der Waals surface area contributed by atoms with E-state index in [2.05, 4.69) is 5.32 Å². The van der Waals surface area contributed by atoms with Crippen LogP contribution in [0.1, 0.15) is 11.1 Å². The summed E-state index contributed by atoms with van der Waals surface area (Å²) in [6.07, 6.45) is 5.85. The van der Waals surface area contributed by atoms with Gasteiger partial charge in [-0.2, -0.15) is 0 Å². The number of carbonyl (C=O) groups is 1. The number of para-hydroxylation sites is 1. The predicted octanol–water partition coefficient (Wildman–Crippen LogP) is 2.48. The van der Waals surface area contributed by atoms with Crippen molar-refractivity contribution in [3.8, 4) is 0 Å². The molecule has 1 aromatic carbocycles. The Bertz CT molecular complexity index is 751. The fourth-order valence-corrected chi connectivity index (χ4v) is 2.49. The van der Waals surface area contributed by atoms with Crippen LogP contribution in [-0.2, 0) is 11.3 Å². The Balaban J connectivity index is 1.77. The van der Waals surface area contributed by atoms with Crippen molar-refractivity contribution < 1.29 is 9.36 Å². The highest BCUT2D eigenvalue weighted by Crippen LogP contribution is 2.19. The summed E-state index contributed by atoms with van der Waals surface area (Å²) in [6.45, 7) is 4.31. The molecule has 0 atom stereocenters. The van der Waals surface area contributed by atoms with E-state index in [1.54, 1.807) is 0 Å². The molecule has 106 valence electrons. The summed E-state index contributed by atoms with van der Waals surface area (Å²) in [5, 5.41) is 3.00. The number of benzene rings is 1. The lowest BCUT2D eigenvalue weighted by atomic mass is 10.1. The Morgan fingerprint density at radius 1 is 1.14 bits per heavy atom. The monoisotopic (exact) mass is 280 g/mol. The second-order valence-corrected chi connectivity index (χ2v) is 5.26. The van der Waals surface area contributed by atoms with Gasteiger partial charge in [0.25, 0.3) is 5.91 Å². The molecule has 0 fully saturated rings. The number of rotatable bonds is 3. The van der Waals surface area contributed by atoms with Gasteiger partial charge in [0.2, 0.25) is 6.33 Å². The Kier molecular flexibility index (Phi) is 3.44. The number of pyridine rings is 1. The molecule has 0 unspecified atom stereocenters. The first kappa shape index (κ1) is 13.4. The Hall–Kier alpha value is -2.62. The number of nitrogens with one attached hydrogen (secondary N) is 1. The van der Waals surface area contributed by atoms with Gasteiger partial charge in [-0.3, -0.25) is 4.79 Å². The summed E-state index contributed by atoms with van der Waals surface area (Å²) in [6, 6.07) is 12.0. The van der Waals surface area contributed by atoms with Crippen LogP contribution in [0.3, 0.4) is 0 Å². The van der Waals surface area contributed by atoms with E-state index >= 15 is 0 Å². The summed E-state index contributed by atoms with van der Waals surface area (Å²) in [5.74, 6) is -0.0201. The van der Waals surface area contributed by atoms with Crippen molar-refractivity contribution in [3.63, 3.8) is 0 Å². The summed E-state index contributed by atoms with van der Waals surface area (Å²) in [5.41, 5.74) is 4.13. The fraction of sp³-hybridized carbons (Fsp3) is 0.176. The molecule has 4 nitrogen and oxygen atoms in total. The van der Waals surface area contributed by atoms with Crippen molar-refractivity contribution in [1.29, 1.82) is 0 Å². The van der Waals surface area contributed by atoms with Gasteiger partial charge in [-0.15, -0.1) is 0 Å². The Morgan fingerprint density at radius 3 is 2.62 bits per heavy atom. The van der Waals surface area contributed by atoms with Gasteiger partial charge < -0.3 is 5.32 Å². The zero-order chi connectivity index (χ0) is 14.8. The number of amides is 1. The molecule has 1 amide bonds. The third-order valence-corrected chi connectivity index (χ3v) is 3.57. The third kappa shape index (κ3) is 2.79. The van der Waals surface area contributed by atoms with Crippen LogP contribution in [0, 0.1) is 13.8 Å². The van der Waals surface area contributed by atoms with E-state index in [1.807, 2.05) is 77.9 Å². The maximum absolute atomic E-state index is 12.2. The van der Waals surface area contributed by atoms with Gasteiger partial charge in [0, 0.05) is 5.69 Å². The number of anilines is 1. The predicted molar refractivity (Wildman–Crippen MR) is 82.1 cm³/mol. The van der Waals surface area contributed by atoms with Crippen LogP contribution in [0.25, 0.3) is 5.52 Å². The standard InChI is InChI=1S/C17H17N3O/c1-13-6-5-7-14(2)17(13)18-16(21)11-19-10-15-8-3-4-9-20(15)12-19/h3-10,12H,11H2,1-2H3/p+1. The second kappa shape index (κ2) is 5.40. The topological polar surface area (TPSA) is 37.4 Å². The van der Waals surface area contributed by atoms with Crippen LogP contribution < -0.4 is 9.88 Å². The van der Waals surface area contributed by atoms with Crippen molar-refractivity contribution in [2.45, 2.75) is 20.4 Å². The van der Waals surface area contributed by atoms with Crippen molar-refractivity contribution in [3.05, 3.63) is 66.2 Å². The van der Waals surface area contributed by atoms with E-state index in [9.17, 15) is 4.79 Å². The van der Waals surface area contributed by atoms with E-state index in [1.165, 1.54) is 0 Å². The van der Waals surface area contributed by atoms with Crippen molar-refractivity contribution in [2.75, 3.05) is 5.32 Å². The normalized spacial score (nSPS) is 10.8. The average Bonchev–Trinajstić information content (AvgIpc) is 2.85. The number of carbonyl (C=O) groups excluding carboxylic acids is 1. The first-order valence-electron chi connectivity index (χ1n) is 6.95. The molecule has 0 aliphatic rings. The lowest BCUT2D eigenvalue weighted by Crippen LogP contribution is -2.38. The highest BCUT2D eigenvalue weighted by atomic mass is 16.1. The number of aryl methyl sites for hydroxylation is 2. The van der Waals surface area contributed by atoms with Gasteiger partial charge >= 0.3 is 0 Å². The van der Waals surface area contributed by atoms with Crippen LogP contribution in [0.15, 0.2) is 55.1 Å². The maximum Gasteiger partial charge on any atom is 0.266 e. The van der Waals surface area contributed by atoms with Gasteiger partial charge in [0.05, 0.1) is 6.20 Å². The molecule has 3 aromatic rings. The lowest BCUT2D eigenvalue weighted by Gasteiger charge is -2.10. The molecule has 2 aromatic heterocycles. The fourth-order valence-electron chi connectivity index (χ4n) is 2.49. The maximum atomic E-state index is 12.2. The number of hydrogen-bond acceptors (Lipinski definition) is 1. The second-order valence-electron chi connectivity index (χ2n) is 5.26. The number of hydrogen-bond donors (Lipinski definition) is 1. The molecule has 0 saturated carbocycles. The molecular formula is C17H18N3O+.